The number of nitrogens with two attached hydrogens (primary N) is 1. The fourth-order valence-electron chi connectivity index (χ4n) is 1.17. The highest BCUT2D eigenvalue weighted by Crippen LogP contribution is 2.21. The van der Waals surface area contributed by atoms with Gasteiger partial charge in [0, 0.05) is 10.0 Å². The summed E-state index contributed by atoms with van der Waals surface area (Å²) in [6.07, 6.45) is -0.596. The van der Waals surface area contributed by atoms with E-state index in [4.69, 9.17) is 15.7 Å². The zero-order valence-corrected chi connectivity index (χ0v) is 10.7. The molecule has 1 aromatic rings. The molecule has 6 nitrogen and oxygen atoms in total. The fourth-order valence-corrected chi connectivity index (χ4v) is 1.53. The predicted octanol–water partition coefficient (Wildman–Crippen LogP) is 2.11. The molecule has 0 spiro atoms. The van der Waals surface area contributed by atoms with Crippen molar-refractivity contribution in [2.45, 2.75) is 6.92 Å². The summed E-state index contributed by atoms with van der Waals surface area (Å²) in [5.41, 5.74) is 6.30. The first-order chi connectivity index (χ1) is 8.08. The third kappa shape index (κ3) is 3.63. The van der Waals surface area contributed by atoms with Gasteiger partial charge in [-0.05, 0) is 25.1 Å². The van der Waals surface area contributed by atoms with Crippen molar-refractivity contribution in [2.75, 3.05) is 11.9 Å². The molecule has 1 aromatic carbocycles. The molecule has 0 unspecified atom stereocenters. The van der Waals surface area contributed by atoms with Gasteiger partial charge in [0.05, 0.1) is 12.3 Å². The van der Waals surface area contributed by atoms with Gasteiger partial charge in [0.2, 0.25) is 0 Å². The number of hydrogen-bond donors (Lipinski definition) is 3. The molecule has 0 fully saturated rings. The maximum absolute atomic E-state index is 11.3. The topological polar surface area (TPSA) is 96.9 Å². The number of anilines is 1. The number of amidine groups is 1. The molecule has 92 valence electrons. The van der Waals surface area contributed by atoms with Crippen molar-refractivity contribution in [3.05, 3.63) is 28.2 Å². The summed E-state index contributed by atoms with van der Waals surface area (Å²) in [6, 6.07) is 4.96. The van der Waals surface area contributed by atoms with Gasteiger partial charge in [0.15, 0.2) is 5.84 Å². The van der Waals surface area contributed by atoms with E-state index in [1.165, 1.54) is 0 Å². The maximum Gasteiger partial charge on any atom is 0.411 e. The Morgan fingerprint density at radius 2 is 2.35 bits per heavy atom. The molecule has 0 radical (unpaired) electrons. The fraction of sp³-hybridized carbons (Fsp3) is 0.200. The lowest BCUT2D eigenvalue weighted by Crippen LogP contribution is -2.19. The van der Waals surface area contributed by atoms with Gasteiger partial charge in [-0.2, -0.15) is 0 Å². The van der Waals surface area contributed by atoms with Crippen molar-refractivity contribution < 1.29 is 14.7 Å². The summed E-state index contributed by atoms with van der Waals surface area (Å²) in [5.74, 6) is -0.0990. The Morgan fingerprint density at radius 1 is 1.65 bits per heavy atom. The number of ether oxygens (including phenoxy) is 1. The average molecular weight is 302 g/mol. The van der Waals surface area contributed by atoms with Crippen LogP contribution in [-0.4, -0.2) is 23.7 Å². The molecule has 7 heteroatoms. The first-order valence-corrected chi connectivity index (χ1v) is 5.59. The van der Waals surface area contributed by atoms with Crippen LogP contribution in [0.3, 0.4) is 0 Å². The van der Waals surface area contributed by atoms with Crippen molar-refractivity contribution in [1.82, 2.24) is 0 Å². The quantitative estimate of drug-likeness (QED) is 0.345. The SMILES string of the molecule is CCOC(=O)Nc1ccc(Br)cc1/C(N)=N/O. The highest BCUT2D eigenvalue weighted by atomic mass is 79.9. The van der Waals surface area contributed by atoms with E-state index >= 15 is 0 Å². The lowest BCUT2D eigenvalue weighted by Gasteiger charge is -2.10. The first kappa shape index (κ1) is 13.3. The minimum Gasteiger partial charge on any atom is -0.450 e. The van der Waals surface area contributed by atoms with Gasteiger partial charge in [-0.15, -0.1) is 0 Å². The highest BCUT2D eigenvalue weighted by molar-refractivity contribution is 9.10. The molecule has 0 saturated carbocycles. The number of rotatable bonds is 3. The van der Waals surface area contributed by atoms with Crippen LogP contribution in [0.15, 0.2) is 27.8 Å². The number of amides is 1. The number of benzene rings is 1. The third-order valence-corrected chi connectivity index (χ3v) is 2.37. The van der Waals surface area contributed by atoms with Crippen molar-refractivity contribution in [3.8, 4) is 0 Å². The van der Waals surface area contributed by atoms with E-state index in [0.717, 1.165) is 4.47 Å². The number of nitrogens with one attached hydrogen (secondary N) is 1. The van der Waals surface area contributed by atoms with Gasteiger partial charge in [0.1, 0.15) is 0 Å². The van der Waals surface area contributed by atoms with Crippen LogP contribution in [-0.2, 0) is 4.74 Å². The average Bonchev–Trinajstić information content (AvgIpc) is 2.30. The summed E-state index contributed by atoms with van der Waals surface area (Å²) in [5, 5.41) is 14.0. The van der Waals surface area contributed by atoms with E-state index in [-0.39, 0.29) is 12.4 Å². The number of hydrogen-bond acceptors (Lipinski definition) is 4. The predicted molar refractivity (Wildman–Crippen MR) is 67.3 cm³/mol. The van der Waals surface area contributed by atoms with Gasteiger partial charge in [0.25, 0.3) is 0 Å². The van der Waals surface area contributed by atoms with E-state index in [0.29, 0.717) is 11.3 Å². The van der Waals surface area contributed by atoms with Crippen LogP contribution in [0.25, 0.3) is 0 Å². The van der Waals surface area contributed by atoms with E-state index in [1.54, 1.807) is 25.1 Å². The minimum atomic E-state index is -0.596. The zero-order chi connectivity index (χ0) is 12.8. The normalized spacial score (nSPS) is 11.1. The van der Waals surface area contributed by atoms with Crippen molar-refractivity contribution in [2.24, 2.45) is 10.9 Å². The Kier molecular flexibility index (Phi) is 4.77. The minimum absolute atomic E-state index is 0.0990. The van der Waals surface area contributed by atoms with Crippen LogP contribution in [0.1, 0.15) is 12.5 Å². The monoisotopic (exact) mass is 301 g/mol. The van der Waals surface area contributed by atoms with Crippen molar-refractivity contribution in [3.63, 3.8) is 0 Å². The Labute approximate surface area is 107 Å². The van der Waals surface area contributed by atoms with Crippen LogP contribution in [0.2, 0.25) is 0 Å². The van der Waals surface area contributed by atoms with Crippen molar-refractivity contribution >= 4 is 33.5 Å². The highest BCUT2D eigenvalue weighted by Gasteiger charge is 2.11. The second-order valence-corrected chi connectivity index (χ2v) is 3.94. The molecule has 0 saturated heterocycles. The van der Waals surface area contributed by atoms with E-state index in [2.05, 4.69) is 26.4 Å². The maximum atomic E-state index is 11.3. The molecule has 0 aliphatic heterocycles. The smallest absolute Gasteiger partial charge is 0.411 e. The summed E-state index contributed by atoms with van der Waals surface area (Å²) in [6.45, 7) is 1.97. The molecule has 0 aliphatic rings. The second-order valence-electron chi connectivity index (χ2n) is 3.02. The number of nitrogens with zero attached hydrogens (tertiary/aromatic N) is 1. The Morgan fingerprint density at radius 3 is 2.94 bits per heavy atom. The number of oxime groups is 1. The summed E-state index contributed by atoms with van der Waals surface area (Å²) >= 11 is 3.25. The molecule has 0 aromatic heterocycles. The second kappa shape index (κ2) is 6.09. The van der Waals surface area contributed by atoms with Gasteiger partial charge in [-0.1, -0.05) is 21.1 Å². The molecular weight excluding hydrogens is 290 g/mol. The first-order valence-electron chi connectivity index (χ1n) is 4.79. The Bertz CT molecular complexity index is 448. The van der Waals surface area contributed by atoms with E-state index in [9.17, 15) is 4.79 Å². The van der Waals surface area contributed by atoms with Gasteiger partial charge < -0.3 is 15.7 Å². The zero-order valence-electron chi connectivity index (χ0n) is 9.11. The molecule has 0 heterocycles. The molecule has 0 bridgehead atoms. The summed E-state index contributed by atoms with van der Waals surface area (Å²) in [4.78, 5) is 11.3. The van der Waals surface area contributed by atoms with Crippen molar-refractivity contribution in [1.29, 1.82) is 0 Å². The molecule has 1 amide bonds. The van der Waals surface area contributed by atoms with Gasteiger partial charge >= 0.3 is 6.09 Å². The van der Waals surface area contributed by atoms with Crippen LogP contribution in [0.5, 0.6) is 0 Å². The molecule has 4 N–H and O–H groups in total. The molecule has 0 atom stereocenters. The van der Waals surface area contributed by atoms with Gasteiger partial charge in [-0.25, -0.2) is 4.79 Å². The Balaban J connectivity index is 3.02. The number of carbonyl (C=O) groups excluding carboxylic acids is 1. The van der Waals surface area contributed by atoms with Crippen LogP contribution in [0, 0.1) is 0 Å². The number of halogens is 1. The largest absolute Gasteiger partial charge is 0.450 e. The van der Waals surface area contributed by atoms with Crippen LogP contribution < -0.4 is 11.1 Å². The van der Waals surface area contributed by atoms with E-state index < -0.39 is 6.09 Å². The Hall–Kier alpha value is -1.76. The molecule has 1 rings (SSSR count). The standard InChI is InChI=1S/C10H12BrN3O3/c1-2-17-10(15)13-8-4-3-6(11)5-7(8)9(12)14-16/h3-5,16H,2H2,1H3,(H2,12,14)(H,13,15). The summed E-state index contributed by atoms with van der Waals surface area (Å²) < 4.78 is 5.48. The lowest BCUT2D eigenvalue weighted by atomic mass is 10.1. The lowest BCUT2D eigenvalue weighted by molar-refractivity contribution is 0.168. The molecule has 17 heavy (non-hydrogen) atoms. The molecular formula is C10H12BrN3O3. The summed E-state index contributed by atoms with van der Waals surface area (Å²) in [7, 11) is 0. The van der Waals surface area contributed by atoms with Gasteiger partial charge in [-0.3, -0.25) is 5.32 Å². The van der Waals surface area contributed by atoms with Crippen LogP contribution in [0.4, 0.5) is 10.5 Å². The third-order valence-electron chi connectivity index (χ3n) is 1.88. The number of carbonyl (C=O) groups is 1. The van der Waals surface area contributed by atoms with E-state index in [1.807, 2.05) is 0 Å². The molecule has 0 aliphatic carbocycles. The van der Waals surface area contributed by atoms with Crippen LogP contribution >= 0.6 is 15.9 Å².